The average molecular weight is 402 g/mol. The molecule has 0 aliphatic heterocycles. The predicted molar refractivity (Wildman–Crippen MR) is 120 cm³/mol. The van der Waals surface area contributed by atoms with E-state index >= 15 is 0 Å². The molecule has 0 atom stereocenters. The number of ether oxygens (including phenoxy) is 2. The number of rotatable bonds is 10. The SMILES string of the molecule is C#CCN(CCc1ccc(O)cc1)Cc1cccc(OC)c1OCc1ccccc1. The zero-order chi connectivity index (χ0) is 21.2. The van der Waals surface area contributed by atoms with Crippen LogP contribution in [0.3, 0.4) is 0 Å². The van der Waals surface area contributed by atoms with Crippen LogP contribution in [0.2, 0.25) is 0 Å². The summed E-state index contributed by atoms with van der Waals surface area (Å²) in [5.74, 6) is 4.48. The molecule has 3 rings (SSSR count). The number of hydrogen-bond acceptors (Lipinski definition) is 4. The van der Waals surface area contributed by atoms with Crippen molar-refractivity contribution < 1.29 is 14.6 Å². The number of methoxy groups -OCH3 is 1. The lowest BCUT2D eigenvalue weighted by Crippen LogP contribution is -2.26. The highest BCUT2D eigenvalue weighted by Gasteiger charge is 2.14. The van der Waals surface area contributed by atoms with Crippen molar-refractivity contribution in [2.75, 3.05) is 20.2 Å². The third-order valence-electron chi connectivity index (χ3n) is 4.87. The Morgan fingerprint density at radius 2 is 1.70 bits per heavy atom. The second-order valence-electron chi connectivity index (χ2n) is 7.05. The van der Waals surface area contributed by atoms with E-state index in [1.165, 1.54) is 0 Å². The smallest absolute Gasteiger partial charge is 0.166 e. The summed E-state index contributed by atoms with van der Waals surface area (Å²) < 4.78 is 11.7. The first-order valence-corrected chi connectivity index (χ1v) is 9.96. The number of aromatic hydroxyl groups is 1. The molecule has 0 radical (unpaired) electrons. The monoisotopic (exact) mass is 401 g/mol. The normalized spacial score (nSPS) is 10.6. The first-order valence-electron chi connectivity index (χ1n) is 9.96. The second-order valence-corrected chi connectivity index (χ2v) is 7.05. The zero-order valence-electron chi connectivity index (χ0n) is 17.3. The second kappa shape index (κ2) is 10.9. The largest absolute Gasteiger partial charge is 0.508 e. The molecule has 30 heavy (non-hydrogen) atoms. The first-order chi connectivity index (χ1) is 14.7. The molecule has 3 aromatic carbocycles. The predicted octanol–water partition coefficient (Wildman–Crippen LogP) is 4.66. The quantitative estimate of drug-likeness (QED) is 0.502. The third kappa shape index (κ3) is 6.04. The van der Waals surface area contributed by atoms with Crippen LogP contribution in [0.25, 0.3) is 0 Å². The lowest BCUT2D eigenvalue weighted by atomic mass is 10.1. The fourth-order valence-corrected chi connectivity index (χ4v) is 3.27. The van der Waals surface area contributed by atoms with Gasteiger partial charge in [0.1, 0.15) is 12.4 Å². The highest BCUT2D eigenvalue weighted by Crippen LogP contribution is 2.32. The van der Waals surface area contributed by atoms with Crippen LogP contribution in [0.4, 0.5) is 0 Å². The van der Waals surface area contributed by atoms with Gasteiger partial charge >= 0.3 is 0 Å². The first kappa shape index (κ1) is 21.3. The molecular weight excluding hydrogens is 374 g/mol. The number of phenolic OH excluding ortho intramolecular Hbond substituents is 1. The molecule has 0 aromatic heterocycles. The standard InChI is InChI=1S/C26H27NO3/c1-3-17-27(18-16-21-12-14-24(28)15-13-21)19-23-10-7-11-25(29-2)26(23)30-20-22-8-5-4-6-9-22/h1,4-15,28H,16-20H2,2H3. The van der Waals surface area contributed by atoms with Crippen molar-refractivity contribution in [2.24, 2.45) is 0 Å². The maximum absolute atomic E-state index is 9.46. The summed E-state index contributed by atoms with van der Waals surface area (Å²) in [6, 6.07) is 23.3. The van der Waals surface area contributed by atoms with Crippen LogP contribution in [0.5, 0.6) is 17.2 Å². The van der Waals surface area contributed by atoms with Gasteiger partial charge in [0.25, 0.3) is 0 Å². The van der Waals surface area contributed by atoms with Gasteiger partial charge in [-0.2, -0.15) is 0 Å². The van der Waals surface area contributed by atoms with Gasteiger partial charge in [-0.3, -0.25) is 4.90 Å². The molecule has 0 spiro atoms. The zero-order valence-corrected chi connectivity index (χ0v) is 17.3. The van der Waals surface area contributed by atoms with E-state index in [4.69, 9.17) is 15.9 Å². The van der Waals surface area contributed by atoms with Gasteiger partial charge in [0.2, 0.25) is 0 Å². The maximum Gasteiger partial charge on any atom is 0.166 e. The molecule has 0 amide bonds. The van der Waals surface area contributed by atoms with E-state index in [-0.39, 0.29) is 5.75 Å². The molecule has 0 aliphatic carbocycles. The number of terminal acetylenes is 1. The molecule has 154 valence electrons. The fourth-order valence-electron chi connectivity index (χ4n) is 3.27. The number of para-hydroxylation sites is 1. The number of benzene rings is 3. The molecule has 0 aliphatic rings. The van der Waals surface area contributed by atoms with Gasteiger partial charge in [0, 0.05) is 18.7 Å². The molecule has 1 N–H and O–H groups in total. The average Bonchev–Trinajstić information content (AvgIpc) is 2.78. The van der Waals surface area contributed by atoms with Crippen molar-refractivity contribution in [3.63, 3.8) is 0 Å². The van der Waals surface area contributed by atoms with Crippen LogP contribution in [0, 0.1) is 12.3 Å². The topological polar surface area (TPSA) is 41.9 Å². The molecule has 4 heteroatoms. The van der Waals surface area contributed by atoms with Crippen LogP contribution < -0.4 is 9.47 Å². The van der Waals surface area contributed by atoms with Crippen LogP contribution in [-0.4, -0.2) is 30.2 Å². The Bertz CT molecular complexity index is 962. The van der Waals surface area contributed by atoms with E-state index in [0.29, 0.717) is 25.4 Å². The van der Waals surface area contributed by atoms with Gasteiger partial charge in [0.05, 0.1) is 13.7 Å². The Morgan fingerprint density at radius 3 is 2.40 bits per heavy atom. The van der Waals surface area contributed by atoms with Gasteiger partial charge < -0.3 is 14.6 Å². The van der Waals surface area contributed by atoms with Gasteiger partial charge in [-0.05, 0) is 35.7 Å². The molecule has 4 nitrogen and oxygen atoms in total. The molecule has 0 bridgehead atoms. The fraction of sp³-hybridized carbons (Fsp3) is 0.231. The van der Waals surface area contributed by atoms with Gasteiger partial charge in [-0.15, -0.1) is 6.42 Å². The summed E-state index contributed by atoms with van der Waals surface area (Å²) in [6.07, 6.45) is 6.46. The van der Waals surface area contributed by atoms with E-state index in [1.807, 2.05) is 60.7 Å². The lowest BCUT2D eigenvalue weighted by Gasteiger charge is -2.22. The molecule has 3 aromatic rings. The van der Waals surface area contributed by atoms with E-state index in [1.54, 1.807) is 19.2 Å². The Labute approximate surface area is 178 Å². The Hall–Kier alpha value is -3.42. The number of phenols is 1. The van der Waals surface area contributed by atoms with E-state index in [0.717, 1.165) is 35.4 Å². The summed E-state index contributed by atoms with van der Waals surface area (Å²) in [5.41, 5.74) is 3.29. The van der Waals surface area contributed by atoms with Crippen molar-refractivity contribution in [2.45, 2.75) is 19.6 Å². The maximum atomic E-state index is 9.46. The number of hydrogen-bond donors (Lipinski definition) is 1. The van der Waals surface area contributed by atoms with Crippen molar-refractivity contribution >= 4 is 0 Å². The lowest BCUT2D eigenvalue weighted by molar-refractivity contribution is 0.263. The van der Waals surface area contributed by atoms with E-state index in [2.05, 4.69) is 10.8 Å². The van der Waals surface area contributed by atoms with Crippen molar-refractivity contribution in [3.05, 3.63) is 89.5 Å². The van der Waals surface area contributed by atoms with Crippen LogP contribution in [0.1, 0.15) is 16.7 Å². The minimum Gasteiger partial charge on any atom is -0.508 e. The van der Waals surface area contributed by atoms with Crippen molar-refractivity contribution in [3.8, 4) is 29.6 Å². The molecule has 0 unspecified atom stereocenters. The highest BCUT2D eigenvalue weighted by atomic mass is 16.5. The molecule has 0 heterocycles. The highest BCUT2D eigenvalue weighted by molar-refractivity contribution is 5.46. The van der Waals surface area contributed by atoms with E-state index < -0.39 is 0 Å². The Kier molecular flexibility index (Phi) is 7.77. The molecule has 0 saturated heterocycles. The van der Waals surface area contributed by atoms with Crippen molar-refractivity contribution in [1.29, 1.82) is 0 Å². The van der Waals surface area contributed by atoms with Crippen LogP contribution in [0.15, 0.2) is 72.8 Å². The third-order valence-corrected chi connectivity index (χ3v) is 4.87. The Balaban J connectivity index is 1.73. The van der Waals surface area contributed by atoms with Gasteiger partial charge in [-0.25, -0.2) is 0 Å². The molecule has 0 saturated carbocycles. The Morgan fingerprint density at radius 1 is 0.933 bits per heavy atom. The van der Waals surface area contributed by atoms with Crippen LogP contribution >= 0.6 is 0 Å². The molecule has 0 fully saturated rings. The molecular formula is C26H27NO3. The number of nitrogens with zero attached hydrogens (tertiary/aromatic N) is 1. The van der Waals surface area contributed by atoms with Crippen molar-refractivity contribution in [1.82, 2.24) is 4.90 Å². The van der Waals surface area contributed by atoms with E-state index in [9.17, 15) is 5.11 Å². The summed E-state index contributed by atoms with van der Waals surface area (Å²) in [4.78, 5) is 2.21. The summed E-state index contributed by atoms with van der Waals surface area (Å²) in [5, 5.41) is 9.46. The van der Waals surface area contributed by atoms with Gasteiger partial charge in [-0.1, -0.05) is 60.5 Å². The summed E-state index contributed by atoms with van der Waals surface area (Å²) in [7, 11) is 1.65. The summed E-state index contributed by atoms with van der Waals surface area (Å²) in [6.45, 7) is 2.46. The minimum absolute atomic E-state index is 0.274. The van der Waals surface area contributed by atoms with Gasteiger partial charge in [0.15, 0.2) is 11.5 Å². The summed E-state index contributed by atoms with van der Waals surface area (Å²) >= 11 is 0. The van der Waals surface area contributed by atoms with Crippen LogP contribution in [-0.2, 0) is 19.6 Å². The minimum atomic E-state index is 0.274.